The molecular formula is C35H48N4O7. The highest BCUT2D eigenvalue weighted by Crippen LogP contribution is 2.23. The molecule has 0 bridgehead atoms. The molecule has 1 aromatic rings. The Morgan fingerprint density at radius 1 is 1.15 bits per heavy atom. The van der Waals surface area contributed by atoms with Crippen LogP contribution in [0.1, 0.15) is 67.7 Å². The number of hydrogen-bond donors (Lipinski definition) is 2. The SMILES string of the molecule is COC1=CC[C@@H]([C@@H](C)/C=C(C)/C=C\C=C/C(=O)N[C@H](C(=O)N/C=C\C[C@H](CC=C(C)C)OC(=O)n2ccnc2)C(C)(C)C)OC1=O. The first-order chi connectivity index (χ1) is 21.7. The van der Waals surface area contributed by atoms with Gasteiger partial charge in [0.05, 0.1) is 7.11 Å². The average Bonchev–Trinajstić information content (AvgIpc) is 3.53. The molecule has 4 atom stereocenters. The number of rotatable bonds is 14. The van der Waals surface area contributed by atoms with Crippen molar-refractivity contribution in [3.63, 3.8) is 0 Å². The Morgan fingerprint density at radius 3 is 2.48 bits per heavy atom. The van der Waals surface area contributed by atoms with Crippen LogP contribution in [0.4, 0.5) is 4.79 Å². The van der Waals surface area contributed by atoms with E-state index < -0.39 is 35.5 Å². The summed E-state index contributed by atoms with van der Waals surface area (Å²) >= 11 is 0. The normalized spacial score (nSPS) is 17.7. The van der Waals surface area contributed by atoms with Gasteiger partial charge >= 0.3 is 12.1 Å². The van der Waals surface area contributed by atoms with Crippen molar-refractivity contribution in [2.24, 2.45) is 11.3 Å². The van der Waals surface area contributed by atoms with E-state index in [2.05, 4.69) is 15.6 Å². The molecule has 0 aliphatic carbocycles. The Bertz CT molecular complexity index is 1370. The van der Waals surface area contributed by atoms with E-state index in [1.54, 1.807) is 24.3 Å². The Labute approximate surface area is 272 Å². The van der Waals surface area contributed by atoms with Crippen LogP contribution in [0.5, 0.6) is 0 Å². The molecule has 0 saturated heterocycles. The Kier molecular flexibility index (Phi) is 15.0. The molecular weight excluding hydrogens is 588 g/mol. The second-order valence-electron chi connectivity index (χ2n) is 12.4. The first-order valence-electron chi connectivity index (χ1n) is 15.3. The molecule has 0 radical (unpaired) electrons. The first-order valence-corrected chi connectivity index (χ1v) is 15.3. The lowest BCUT2D eigenvalue weighted by molar-refractivity contribution is -0.151. The standard InChI is InChI=1S/C35H48N4O7/c1-24(2)15-16-27(45-34(43)39-21-20-36-23-39)13-11-19-37-32(41)31(35(5,6)7)38-30(40)14-10-9-12-25(3)22-26(4)28-17-18-29(44-8)33(42)46-28/h9-12,14-15,18-23,26-28,31H,13,16-17H2,1-8H3,(H,37,41)(H,38,40)/b12-9-,14-10-,19-11-,25-22+/t26-,27+,28-,31+/m0/s1. The molecule has 2 N–H and O–H groups in total. The van der Waals surface area contributed by atoms with Crippen LogP contribution in [-0.2, 0) is 28.6 Å². The minimum atomic E-state index is -0.813. The van der Waals surface area contributed by atoms with Crippen molar-refractivity contribution in [1.29, 1.82) is 0 Å². The van der Waals surface area contributed by atoms with E-state index in [0.717, 1.165) is 11.1 Å². The van der Waals surface area contributed by atoms with Gasteiger partial charge in [0.2, 0.25) is 11.8 Å². The molecule has 0 fully saturated rings. The number of methoxy groups -OCH3 is 1. The number of ether oxygens (including phenoxy) is 3. The minimum Gasteiger partial charge on any atom is -0.490 e. The number of imidazole rings is 1. The van der Waals surface area contributed by atoms with Gasteiger partial charge < -0.3 is 24.8 Å². The molecule has 1 aromatic heterocycles. The van der Waals surface area contributed by atoms with Gasteiger partial charge in [0.1, 0.15) is 24.6 Å². The molecule has 0 aromatic carbocycles. The van der Waals surface area contributed by atoms with Gasteiger partial charge in [-0.25, -0.2) is 19.1 Å². The van der Waals surface area contributed by atoms with Crippen LogP contribution >= 0.6 is 0 Å². The molecule has 11 heteroatoms. The fourth-order valence-corrected chi connectivity index (χ4v) is 4.41. The summed E-state index contributed by atoms with van der Waals surface area (Å²) < 4.78 is 17.3. The van der Waals surface area contributed by atoms with Gasteiger partial charge in [0, 0.05) is 43.7 Å². The lowest BCUT2D eigenvalue weighted by Crippen LogP contribution is -2.52. The van der Waals surface area contributed by atoms with E-state index in [1.807, 2.05) is 66.7 Å². The van der Waals surface area contributed by atoms with Crippen molar-refractivity contribution < 1.29 is 33.4 Å². The van der Waals surface area contributed by atoms with Crippen molar-refractivity contribution in [3.05, 3.63) is 90.4 Å². The number of esters is 1. The molecule has 11 nitrogen and oxygen atoms in total. The van der Waals surface area contributed by atoms with E-state index in [1.165, 1.54) is 42.7 Å². The third kappa shape index (κ3) is 13.1. The topological polar surface area (TPSA) is 138 Å². The largest absolute Gasteiger partial charge is 0.490 e. The smallest absolute Gasteiger partial charge is 0.419 e. The summed E-state index contributed by atoms with van der Waals surface area (Å²) in [5.74, 6) is -1.05. The maximum Gasteiger partial charge on any atom is 0.419 e. The average molecular weight is 637 g/mol. The quantitative estimate of drug-likeness (QED) is 0.115. The van der Waals surface area contributed by atoms with E-state index in [0.29, 0.717) is 19.3 Å². The predicted octanol–water partition coefficient (Wildman–Crippen LogP) is 5.68. The number of nitrogens with zero attached hydrogens (tertiary/aromatic N) is 2. The van der Waals surface area contributed by atoms with Crippen LogP contribution in [0.2, 0.25) is 0 Å². The van der Waals surface area contributed by atoms with Gasteiger partial charge in [-0.15, -0.1) is 0 Å². The zero-order chi connectivity index (χ0) is 34.3. The zero-order valence-corrected chi connectivity index (χ0v) is 28.1. The number of nitrogens with one attached hydrogen (secondary N) is 2. The van der Waals surface area contributed by atoms with E-state index in [-0.39, 0.29) is 23.7 Å². The third-order valence-electron chi connectivity index (χ3n) is 6.97. The van der Waals surface area contributed by atoms with Crippen molar-refractivity contribution in [1.82, 2.24) is 20.2 Å². The summed E-state index contributed by atoms with van der Waals surface area (Å²) in [7, 11) is 1.44. The molecule has 46 heavy (non-hydrogen) atoms. The Balaban J connectivity index is 1.92. The summed E-state index contributed by atoms with van der Waals surface area (Å²) in [5.41, 5.74) is 1.47. The summed E-state index contributed by atoms with van der Waals surface area (Å²) in [6, 6.07) is -0.813. The summed E-state index contributed by atoms with van der Waals surface area (Å²) in [6.45, 7) is 13.4. The van der Waals surface area contributed by atoms with E-state index in [4.69, 9.17) is 14.2 Å². The maximum absolute atomic E-state index is 13.1. The summed E-state index contributed by atoms with van der Waals surface area (Å²) in [5, 5.41) is 5.53. The number of carbonyl (C=O) groups is 4. The fraction of sp³-hybridized carbons (Fsp3) is 0.457. The van der Waals surface area contributed by atoms with Crippen LogP contribution in [0, 0.1) is 11.3 Å². The zero-order valence-electron chi connectivity index (χ0n) is 28.1. The second-order valence-corrected chi connectivity index (χ2v) is 12.4. The van der Waals surface area contributed by atoms with Crippen molar-refractivity contribution >= 4 is 23.9 Å². The number of carbonyl (C=O) groups excluding carboxylic acids is 4. The number of amides is 2. The highest BCUT2D eigenvalue weighted by Gasteiger charge is 2.32. The van der Waals surface area contributed by atoms with Crippen LogP contribution < -0.4 is 10.6 Å². The predicted molar refractivity (Wildman–Crippen MR) is 176 cm³/mol. The minimum absolute atomic E-state index is 0.0174. The number of cyclic esters (lactones) is 1. The monoisotopic (exact) mass is 636 g/mol. The number of aromatic nitrogens is 2. The highest BCUT2D eigenvalue weighted by atomic mass is 16.6. The Hall–Kier alpha value is -4.67. The van der Waals surface area contributed by atoms with E-state index >= 15 is 0 Å². The Morgan fingerprint density at radius 2 is 1.87 bits per heavy atom. The van der Waals surface area contributed by atoms with E-state index in [9.17, 15) is 19.2 Å². The van der Waals surface area contributed by atoms with Gasteiger partial charge in [-0.05, 0) is 38.5 Å². The lowest BCUT2D eigenvalue weighted by atomic mass is 9.86. The van der Waals surface area contributed by atoms with Gasteiger partial charge in [-0.3, -0.25) is 9.59 Å². The summed E-state index contributed by atoms with van der Waals surface area (Å²) in [4.78, 5) is 53.9. The third-order valence-corrected chi connectivity index (χ3v) is 6.97. The first kappa shape index (κ1) is 37.5. The molecule has 1 aliphatic heterocycles. The van der Waals surface area contributed by atoms with Crippen LogP contribution in [0.25, 0.3) is 0 Å². The molecule has 0 spiro atoms. The van der Waals surface area contributed by atoms with Crippen molar-refractivity contribution in [3.8, 4) is 0 Å². The van der Waals surface area contributed by atoms with Crippen molar-refractivity contribution in [2.45, 2.75) is 86.0 Å². The lowest BCUT2D eigenvalue weighted by Gasteiger charge is -2.29. The van der Waals surface area contributed by atoms with Gasteiger partial charge in [-0.1, -0.05) is 75.3 Å². The number of hydrogen-bond acceptors (Lipinski definition) is 8. The van der Waals surface area contributed by atoms with Crippen LogP contribution in [0.3, 0.4) is 0 Å². The maximum atomic E-state index is 13.1. The fourth-order valence-electron chi connectivity index (χ4n) is 4.41. The molecule has 2 amide bonds. The molecule has 2 heterocycles. The number of allylic oxidation sites excluding steroid dienone is 5. The molecule has 2 rings (SSSR count). The summed E-state index contributed by atoms with van der Waals surface area (Å²) in [6.07, 6.45) is 20.0. The second kappa shape index (κ2) is 18.3. The van der Waals surface area contributed by atoms with Gasteiger partial charge in [0.25, 0.3) is 0 Å². The van der Waals surface area contributed by atoms with Crippen molar-refractivity contribution in [2.75, 3.05) is 7.11 Å². The molecule has 0 saturated carbocycles. The molecule has 250 valence electrons. The molecule has 1 aliphatic rings. The van der Waals surface area contributed by atoms with Crippen LogP contribution in [0.15, 0.2) is 90.4 Å². The van der Waals surface area contributed by atoms with Gasteiger partial charge in [0.15, 0.2) is 5.76 Å². The van der Waals surface area contributed by atoms with Crippen LogP contribution in [-0.4, -0.2) is 58.8 Å². The van der Waals surface area contributed by atoms with Gasteiger partial charge in [-0.2, -0.15) is 0 Å². The molecule has 0 unspecified atom stereocenters. The highest BCUT2D eigenvalue weighted by molar-refractivity contribution is 5.93.